The Labute approximate surface area is 224 Å². The average molecular weight is 508 g/mol. The highest BCUT2D eigenvalue weighted by Gasteiger charge is 2.22. The van der Waals surface area contributed by atoms with E-state index in [2.05, 4.69) is 120 Å². The van der Waals surface area contributed by atoms with Crippen LogP contribution < -0.4 is 10.0 Å². The quantitative estimate of drug-likeness (QED) is 0.164. The molecular weight excluding hydrogens is 469 g/mol. The van der Waals surface area contributed by atoms with Crippen LogP contribution in [0.2, 0.25) is 0 Å². The Kier molecular flexibility index (Phi) is 8.95. The molecule has 190 valence electrons. The fourth-order valence-corrected chi connectivity index (χ4v) is 6.30. The Morgan fingerprint density at radius 1 is 0.811 bits per heavy atom. The van der Waals surface area contributed by atoms with Crippen LogP contribution in [0.5, 0.6) is 5.75 Å². The minimum atomic E-state index is 0.303. The second-order valence-corrected chi connectivity index (χ2v) is 11.7. The van der Waals surface area contributed by atoms with Gasteiger partial charge in [0.25, 0.3) is 0 Å². The molecule has 0 spiro atoms. The Hall–Kier alpha value is -3.22. The maximum Gasteiger partial charge on any atom is 0.127 e. The molecule has 2 unspecified atom stereocenters. The number of nitrogens with zero attached hydrogens (tertiary/aromatic N) is 1. The van der Waals surface area contributed by atoms with Gasteiger partial charge in [0, 0.05) is 29.4 Å². The van der Waals surface area contributed by atoms with Gasteiger partial charge in [-0.15, -0.1) is 0 Å². The molecule has 37 heavy (non-hydrogen) atoms. The van der Waals surface area contributed by atoms with Gasteiger partial charge in [-0.2, -0.15) is 0 Å². The van der Waals surface area contributed by atoms with Crippen LogP contribution in [-0.2, 0) is 6.61 Å². The van der Waals surface area contributed by atoms with Crippen molar-refractivity contribution in [3.8, 4) is 5.75 Å². The molecule has 0 saturated carbocycles. The van der Waals surface area contributed by atoms with E-state index in [1.54, 1.807) is 0 Å². The highest BCUT2D eigenvalue weighted by atomic mass is 31.1. The van der Waals surface area contributed by atoms with Gasteiger partial charge >= 0.3 is 0 Å². The van der Waals surface area contributed by atoms with Crippen LogP contribution in [0.4, 0.5) is 0 Å². The van der Waals surface area contributed by atoms with E-state index in [4.69, 9.17) is 9.73 Å². The normalized spacial score (nSPS) is 12.9. The van der Waals surface area contributed by atoms with E-state index in [-0.39, 0.29) is 0 Å². The van der Waals surface area contributed by atoms with Gasteiger partial charge in [-0.25, -0.2) is 0 Å². The Balaban J connectivity index is 1.73. The van der Waals surface area contributed by atoms with Gasteiger partial charge in [0.15, 0.2) is 0 Å². The molecule has 0 aliphatic carbocycles. The standard InChI is InChI=1S/C34H38NOP/c1-23(2)30-20-24(3)21-31(33(30)36-22-27-15-9-7-10-16-27)26(5)37-34-25(4)14-13-19-29(34)32(35-6)28-17-11-8-12-18-28/h7-21,23,26,37H,22H2,1-6H3. The first kappa shape index (κ1) is 26.8. The van der Waals surface area contributed by atoms with E-state index < -0.39 is 0 Å². The Morgan fingerprint density at radius 2 is 1.46 bits per heavy atom. The zero-order valence-corrected chi connectivity index (χ0v) is 23.9. The lowest BCUT2D eigenvalue weighted by molar-refractivity contribution is 0.298. The lowest BCUT2D eigenvalue weighted by Gasteiger charge is -2.24. The smallest absolute Gasteiger partial charge is 0.127 e. The summed E-state index contributed by atoms with van der Waals surface area (Å²) in [7, 11) is 2.48. The summed E-state index contributed by atoms with van der Waals surface area (Å²) in [6, 6.07) is 32.2. The molecule has 0 N–H and O–H groups in total. The first-order chi connectivity index (χ1) is 17.9. The zero-order valence-electron chi connectivity index (χ0n) is 22.9. The van der Waals surface area contributed by atoms with Crippen LogP contribution in [0.25, 0.3) is 0 Å². The minimum Gasteiger partial charge on any atom is -0.488 e. The van der Waals surface area contributed by atoms with Crippen molar-refractivity contribution in [2.75, 3.05) is 7.05 Å². The summed E-state index contributed by atoms with van der Waals surface area (Å²) in [6.07, 6.45) is 0. The first-order valence-corrected chi connectivity index (χ1v) is 14.2. The molecule has 0 heterocycles. The van der Waals surface area contributed by atoms with Crippen molar-refractivity contribution in [3.63, 3.8) is 0 Å². The molecule has 4 aromatic rings. The van der Waals surface area contributed by atoms with Gasteiger partial charge in [0.2, 0.25) is 0 Å². The minimum absolute atomic E-state index is 0.303. The van der Waals surface area contributed by atoms with E-state index in [0.29, 0.717) is 26.8 Å². The lowest BCUT2D eigenvalue weighted by atomic mass is 9.95. The lowest BCUT2D eigenvalue weighted by Crippen LogP contribution is -2.17. The number of aliphatic imine (C=N–C) groups is 1. The van der Waals surface area contributed by atoms with E-state index in [9.17, 15) is 0 Å². The molecule has 2 atom stereocenters. The maximum absolute atomic E-state index is 6.61. The molecule has 4 rings (SSSR count). The number of rotatable bonds is 9. The Bertz CT molecular complexity index is 1360. The molecule has 0 saturated heterocycles. The van der Waals surface area contributed by atoms with Crippen LogP contribution in [-0.4, -0.2) is 12.8 Å². The van der Waals surface area contributed by atoms with Gasteiger partial charge in [-0.05, 0) is 41.8 Å². The molecular formula is C34H38NOP. The first-order valence-electron chi connectivity index (χ1n) is 13.1. The summed E-state index contributed by atoms with van der Waals surface area (Å²) in [5.74, 6) is 1.43. The van der Waals surface area contributed by atoms with Crippen LogP contribution in [0.15, 0.2) is 96.0 Å². The van der Waals surface area contributed by atoms with Gasteiger partial charge in [0.05, 0.1) is 5.71 Å². The molecule has 0 radical (unpaired) electrons. The number of hydrogen-bond donors (Lipinski definition) is 0. The second-order valence-electron chi connectivity index (χ2n) is 10.0. The SMILES string of the molecule is CN=C(c1ccccc1)c1cccc(C)c1PC(C)c1cc(C)cc(C(C)C)c1OCc1ccccc1. The van der Waals surface area contributed by atoms with Crippen molar-refractivity contribution in [1.82, 2.24) is 0 Å². The van der Waals surface area contributed by atoms with Crippen molar-refractivity contribution in [1.29, 1.82) is 0 Å². The number of hydrogen-bond acceptors (Lipinski definition) is 2. The van der Waals surface area contributed by atoms with Crippen LogP contribution >= 0.6 is 8.58 Å². The second kappa shape index (κ2) is 12.3. The molecule has 4 aromatic carbocycles. The van der Waals surface area contributed by atoms with Crippen LogP contribution in [0.1, 0.15) is 71.3 Å². The van der Waals surface area contributed by atoms with E-state index in [1.165, 1.54) is 38.7 Å². The third kappa shape index (κ3) is 6.38. The molecule has 0 fully saturated rings. The topological polar surface area (TPSA) is 21.6 Å². The molecule has 3 heteroatoms. The van der Waals surface area contributed by atoms with E-state index in [0.717, 1.165) is 17.0 Å². The Morgan fingerprint density at radius 3 is 2.11 bits per heavy atom. The summed E-state index contributed by atoms with van der Waals surface area (Å²) in [5, 5.41) is 1.38. The highest BCUT2D eigenvalue weighted by Crippen LogP contribution is 2.44. The number of benzene rings is 4. The summed E-state index contributed by atoms with van der Waals surface area (Å²) >= 11 is 0. The fourth-order valence-electron chi connectivity index (χ4n) is 4.83. The fraction of sp³-hybridized carbons (Fsp3) is 0.265. The van der Waals surface area contributed by atoms with Gasteiger partial charge in [0.1, 0.15) is 12.4 Å². The molecule has 2 nitrogen and oxygen atoms in total. The molecule has 0 amide bonds. The summed E-state index contributed by atoms with van der Waals surface area (Å²) in [5.41, 5.74) is 10.1. The van der Waals surface area contributed by atoms with Crippen molar-refractivity contribution in [3.05, 3.63) is 130 Å². The van der Waals surface area contributed by atoms with Crippen LogP contribution in [0.3, 0.4) is 0 Å². The third-order valence-electron chi connectivity index (χ3n) is 6.76. The van der Waals surface area contributed by atoms with Gasteiger partial charge < -0.3 is 4.74 Å². The van der Waals surface area contributed by atoms with E-state index >= 15 is 0 Å². The largest absolute Gasteiger partial charge is 0.488 e. The number of aryl methyl sites for hydroxylation is 2. The van der Waals surface area contributed by atoms with E-state index in [1.807, 2.05) is 13.1 Å². The third-order valence-corrected chi connectivity index (χ3v) is 8.46. The molecule has 0 aromatic heterocycles. The van der Waals surface area contributed by atoms with Gasteiger partial charge in [-0.3, -0.25) is 4.99 Å². The molecule has 0 aliphatic rings. The van der Waals surface area contributed by atoms with Crippen molar-refractivity contribution < 1.29 is 4.74 Å². The van der Waals surface area contributed by atoms with Crippen LogP contribution in [0, 0.1) is 13.8 Å². The highest BCUT2D eigenvalue weighted by molar-refractivity contribution is 7.48. The summed E-state index contributed by atoms with van der Waals surface area (Å²) < 4.78 is 6.61. The average Bonchev–Trinajstić information content (AvgIpc) is 2.90. The van der Waals surface area contributed by atoms with Gasteiger partial charge in [-0.1, -0.05) is 126 Å². The molecule has 0 bridgehead atoms. The maximum atomic E-state index is 6.61. The summed E-state index contributed by atoms with van der Waals surface area (Å²) in [4.78, 5) is 4.74. The zero-order chi connectivity index (χ0) is 26.4. The van der Waals surface area contributed by atoms with Crippen molar-refractivity contribution in [2.45, 2.75) is 52.8 Å². The van der Waals surface area contributed by atoms with Crippen molar-refractivity contribution >= 4 is 19.6 Å². The predicted octanol–water partition coefficient (Wildman–Crippen LogP) is 8.54. The monoisotopic (exact) mass is 507 g/mol. The number of ether oxygens (including phenoxy) is 1. The van der Waals surface area contributed by atoms with Crippen molar-refractivity contribution in [2.24, 2.45) is 4.99 Å². The predicted molar refractivity (Wildman–Crippen MR) is 162 cm³/mol. The summed E-state index contributed by atoms with van der Waals surface area (Å²) in [6.45, 7) is 11.8. The molecule has 0 aliphatic heterocycles.